The number of benzene rings is 1. The molecule has 0 fully saturated rings. The van der Waals surface area contributed by atoms with Crippen LogP contribution < -0.4 is 9.47 Å². The van der Waals surface area contributed by atoms with Crippen LogP contribution in [0, 0.1) is 5.92 Å². The largest absolute Gasteiger partial charge is 0.489 e. The lowest BCUT2D eigenvalue weighted by molar-refractivity contribution is 0.228. The number of fused-ring (bicyclic) bond motifs is 2. The lowest BCUT2D eigenvalue weighted by Gasteiger charge is -2.22. The third-order valence-corrected chi connectivity index (χ3v) is 4.44. The van der Waals surface area contributed by atoms with Gasteiger partial charge in [0.15, 0.2) is 11.5 Å². The summed E-state index contributed by atoms with van der Waals surface area (Å²) >= 11 is 3.75. The summed E-state index contributed by atoms with van der Waals surface area (Å²) in [5.41, 5.74) is 2.79. The average molecular weight is 297 g/mol. The molecule has 1 aromatic carbocycles. The van der Waals surface area contributed by atoms with Crippen molar-refractivity contribution in [3.8, 4) is 11.5 Å². The number of aryl methyl sites for hydroxylation is 1. The van der Waals surface area contributed by atoms with Gasteiger partial charge >= 0.3 is 0 Å². The fraction of sp³-hybridized carbons (Fsp3) is 0.571. The van der Waals surface area contributed by atoms with E-state index in [1.165, 1.54) is 24.0 Å². The van der Waals surface area contributed by atoms with E-state index in [-0.39, 0.29) is 0 Å². The van der Waals surface area contributed by atoms with E-state index in [1.54, 1.807) is 0 Å². The highest BCUT2D eigenvalue weighted by Crippen LogP contribution is 2.42. The van der Waals surface area contributed by atoms with Crippen molar-refractivity contribution in [1.82, 2.24) is 0 Å². The van der Waals surface area contributed by atoms with Gasteiger partial charge in [-0.05, 0) is 42.5 Å². The van der Waals surface area contributed by atoms with Gasteiger partial charge in [0.2, 0.25) is 0 Å². The van der Waals surface area contributed by atoms with E-state index < -0.39 is 0 Å². The zero-order valence-electron chi connectivity index (χ0n) is 10.0. The molecule has 1 heterocycles. The van der Waals surface area contributed by atoms with E-state index in [0.717, 1.165) is 31.1 Å². The van der Waals surface area contributed by atoms with Gasteiger partial charge in [-0.2, -0.15) is 0 Å². The second-order valence-corrected chi connectivity index (χ2v) is 6.19. The summed E-state index contributed by atoms with van der Waals surface area (Å²) in [6.45, 7) is 3.65. The van der Waals surface area contributed by atoms with Crippen LogP contribution in [0.25, 0.3) is 0 Å². The van der Waals surface area contributed by atoms with Crippen molar-refractivity contribution in [3.05, 3.63) is 23.3 Å². The molecule has 2 aliphatic rings. The lowest BCUT2D eigenvalue weighted by atomic mass is 9.91. The van der Waals surface area contributed by atoms with Crippen molar-refractivity contribution < 1.29 is 9.47 Å². The van der Waals surface area contributed by atoms with E-state index >= 15 is 0 Å². The van der Waals surface area contributed by atoms with Crippen molar-refractivity contribution in [1.29, 1.82) is 0 Å². The van der Waals surface area contributed by atoms with E-state index in [9.17, 15) is 0 Å². The van der Waals surface area contributed by atoms with Crippen LogP contribution in [0.2, 0.25) is 0 Å². The Bertz CT molecular complexity index is 430. The highest BCUT2D eigenvalue weighted by molar-refractivity contribution is 9.09. The van der Waals surface area contributed by atoms with Crippen LogP contribution in [-0.4, -0.2) is 13.2 Å². The van der Waals surface area contributed by atoms with E-state index in [4.69, 9.17) is 9.47 Å². The second kappa shape index (κ2) is 4.52. The molecule has 1 aliphatic carbocycles. The van der Waals surface area contributed by atoms with Crippen LogP contribution in [0.5, 0.6) is 11.5 Å². The highest BCUT2D eigenvalue weighted by Gasteiger charge is 2.23. The Morgan fingerprint density at radius 1 is 1.18 bits per heavy atom. The maximum atomic E-state index is 5.83. The molecule has 1 aliphatic heterocycles. The topological polar surface area (TPSA) is 18.5 Å². The van der Waals surface area contributed by atoms with Gasteiger partial charge in [-0.15, -0.1) is 0 Å². The van der Waals surface area contributed by atoms with Crippen LogP contribution >= 0.6 is 15.9 Å². The number of hydrogen-bond acceptors (Lipinski definition) is 2. The molecule has 17 heavy (non-hydrogen) atoms. The summed E-state index contributed by atoms with van der Waals surface area (Å²) in [5, 5.41) is 0. The molecule has 2 atom stereocenters. The molecule has 2 nitrogen and oxygen atoms in total. The predicted octanol–water partition coefficient (Wildman–Crippen LogP) is 3.87. The molecule has 92 valence electrons. The van der Waals surface area contributed by atoms with Gasteiger partial charge in [0.1, 0.15) is 0 Å². The van der Waals surface area contributed by atoms with Gasteiger partial charge in [-0.3, -0.25) is 0 Å². The molecule has 0 spiro atoms. The summed E-state index contributed by atoms with van der Waals surface area (Å²) in [6, 6.07) is 4.34. The average Bonchev–Trinajstić information content (AvgIpc) is 2.51. The molecule has 0 aromatic heterocycles. The summed E-state index contributed by atoms with van der Waals surface area (Å²) in [6.07, 6.45) is 3.62. The first-order chi connectivity index (χ1) is 8.24. The third kappa shape index (κ3) is 2.17. The van der Waals surface area contributed by atoms with Gasteiger partial charge in [0.05, 0.1) is 13.2 Å². The molecule has 3 heteroatoms. The number of rotatable bonds is 0. The summed E-state index contributed by atoms with van der Waals surface area (Å²) < 4.78 is 11.7. The maximum absolute atomic E-state index is 5.83. The molecule has 0 radical (unpaired) electrons. The lowest BCUT2D eigenvalue weighted by Crippen LogP contribution is -2.12. The number of hydrogen-bond donors (Lipinski definition) is 0. The predicted molar refractivity (Wildman–Crippen MR) is 71.2 cm³/mol. The Labute approximate surface area is 110 Å². The number of alkyl halides is 1. The first kappa shape index (κ1) is 11.4. The van der Waals surface area contributed by atoms with Crippen LogP contribution in [0.15, 0.2) is 12.1 Å². The molecular formula is C14H17BrO2. The Hall–Kier alpha value is -0.700. The Morgan fingerprint density at radius 2 is 1.88 bits per heavy atom. The van der Waals surface area contributed by atoms with Gasteiger partial charge in [0.25, 0.3) is 0 Å². The molecule has 0 bridgehead atoms. The molecule has 0 saturated carbocycles. The third-order valence-electron chi connectivity index (χ3n) is 3.49. The van der Waals surface area contributed by atoms with E-state index in [0.29, 0.717) is 10.7 Å². The number of ether oxygens (including phenoxy) is 2. The van der Waals surface area contributed by atoms with Crippen LogP contribution in [0.3, 0.4) is 0 Å². The second-order valence-electron chi connectivity index (χ2n) is 5.08. The van der Waals surface area contributed by atoms with Crippen LogP contribution in [0.1, 0.15) is 35.7 Å². The minimum absolute atomic E-state index is 0.458. The van der Waals surface area contributed by atoms with E-state index in [1.807, 2.05) is 0 Å². The van der Waals surface area contributed by atoms with Gasteiger partial charge in [-0.25, -0.2) is 0 Å². The maximum Gasteiger partial charge on any atom is 0.161 e. The van der Waals surface area contributed by atoms with Crippen molar-refractivity contribution in [2.45, 2.75) is 31.0 Å². The minimum atomic E-state index is 0.458. The smallest absolute Gasteiger partial charge is 0.161 e. The van der Waals surface area contributed by atoms with Crippen LogP contribution in [-0.2, 0) is 6.42 Å². The highest BCUT2D eigenvalue weighted by atomic mass is 79.9. The molecule has 1 aromatic rings. The van der Waals surface area contributed by atoms with Gasteiger partial charge < -0.3 is 9.47 Å². The fourth-order valence-corrected chi connectivity index (χ4v) is 3.24. The van der Waals surface area contributed by atoms with Crippen molar-refractivity contribution in [2.75, 3.05) is 13.2 Å². The Balaban J connectivity index is 2.00. The molecular weight excluding hydrogens is 280 g/mol. The Kier molecular flexibility index (Phi) is 3.03. The quantitative estimate of drug-likeness (QED) is 0.677. The fourth-order valence-electron chi connectivity index (χ4n) is 2.49. The Morgan fingerprint density at radius 3 is 2.65 bits per heavy atom. The van der Waals surface area contributed by atoms with Crippen molar-refractivity contribution >= 4 is 15.9 Å². The summed E-state index contributed by atoms with van der Waals surface area (Å²) in [4.78, 5) is 0.473. The van der Waals surface area contributed by atoms with Crippen molar-refractivity contribution in [3.63, 3.8) is 0 Å². The zero-order chi connectivity index (χ0) is 11.8. The molecule has 3 rings (SSSR count). The zero-order valence-corrected chi connectivity index (χ0v) is 11.6. The summed E-state index contributed by atoms with van der Waals surface area (Å²) in [7, 11) is 0. The van der Waals surface area contributed by atoms with Gasteiger partial charge in [0, 0.05) is 10.7 Å². The molecule has 0 saturated heterocycles. The SMILES string of the molecule is CC1COc2cc3c(cc2OC1)C(Br)CCC3. The van der Waals surface area contributed by atoms with E-state index in [2.05, 4.69) is 35.0 Å². The molecule has 0 amide bonds. The normalized spacial score (nSPS) is 27.2. The number of halogens is 1. The molecule has 0 N–H and O–H groups in total. The first-order valence-corrected chi connectivity index (χ1v) is 7.22. The standard InChI is InChI=1S/C14H17BrO2/c1-9-7-16-13-5-10-3-2-4-12(15)11(10)6-14(13)17-8-9/h5-6,9,12H,2-4,7-8H2,1H3. The van der Waals surface area contributed by atoms with Gasteiger partial charge in [-0.1, -0.05) is 22.9 Å². The first-order valence-electron chi connectivity index (χ1n) is 6.30. The minimum Gasteiger partial charge on any atom is -0.489 e. The van der Waals surface area contributed by atoms with Crippen LogP contribution in [0.4, 0.5) is 0 Å². The summed E-state index contributed by atoms with van der Waals surface area (Å²) in [5.74, 6) is 2.30. The monoisotopic (exact) mass is 296 g/mol. The molecule has 2 unspecified atom stereocenters. The van der Waals surface area contributed by atoms with Crippen molar-refractivity contribution in [2.24, 2.45) is 5.92 Å².